The van der Waals surface area contributed by atoms with Crippen LogP contribution in [-0.2, 0) is 11.3 Å². The van der Waals surface area contributed by atoms with Crippen LogP contribution in [0.15, 0.2) is 18.2 Å². The van der Waals surface area contributed by atoms with Gasteiger partial charge in [0.05, 0.1) is 5.69 Å². The van der Waals surface area contributed by atoms with Crippen LogP contribution in [0.2, 0.25) is 0 Å². The lowest BCUT2D eigenvalue weighted by atomic mass is 10.1. The van der Waals surface area contributed by atoms with Gasteiger partial charge in [-0.25, -0.2) is 4.79 Å². The average molecular weight is 178 g/mol. The van der Waals surface area contributed by atoms with Gasteiger partial charge in [0, 0.05) is 18.3 Å². The number of carbonyl (C=O) groups excluding carboxylic acids is 1. The number of fused-ring (bicyclic) bond motifs is 1. The Hall–Kier alpha value is -1.71. The normalized spacial score (nSPS) is 15.2. The molecule has 2 rings (SSSR count). The fraction of sp³-hybridized carbons (Fsp3) is 0.222. The van der Waals surface area contributed by atoms with Gasteiger partial charge in [-0.1, -0.05) is 6.07 Å². The second-order valence-corrected chi connectivity index (χ2v) is 3.00. The van der Waals surface area contributed by atoms with Crippen molar-refractivity contribution in [3.8, 4) is 0 Å². The summed E-state index contributed by atoms with van der Waals surface area (Å²) in [4.78, 5) is 12.6. The second kappa shape index (κ2) is 2.65. The monoisotopic (exact) mass is 178 g/mol. The van der Waals surface area contributed by atoms with Crippen LogP contribution in [0.4, 0.5) is 16.2 Å². The van der Waals surface area contributed by atoms with Crippen LogP contribution in [0, 0.1) is 0 Å². The first kappa shape index (κ1) is 7.91. The molecule has 0 bridgehead atoms. The molecule has 1 heterocycles. The van der Waals surface area contributed by atoms with Crippen LogP contribution in [0.5, 0.6) is 0 Å². The molecule has 2 N–H and O–H groups in total. The van der Waals surface area contributed by atoms with E-state index in [1.54, 1.807) is 19.2 Å². The van der Waals surface area contributed by atoms with Crippen molar-refractivity contribution in [3.05, 3.63) is 23.8 Å². The molecule has 0 saturated heterocycles. The van der Waals surface area contributed by atoms with E-state index in [-0.39, 0.29) is 6.09 Å². The Kier molecular flexibility index (Phi) is 1.62. The lowest BCUT2D eigenvalue weighted by molar-refractivity contribution is 0.143. The van der Waals surface area contributed by atoms with Gasteiger partial charge in [0.25, 0.3) is 0 Å². The van der Waals surface area contributed by atoms with Crippen molar-refractivity contribution in [2.75, 3.05) is 17.7 Å². The van der Waals surface area contributed by atoms with Gasteiger partial charge in [-0.2, -0.15) is 0 Å². The van der Waals surface area contributed by atoms with E-state index in [2.05, 4.69) is 0 Å². The predicted octanol–water partition coefficient (Wildman–Crippen LogP) is 1.36. The lowest BCUT2D eigenvalue weighted by Crippen LogP contribution is -2.31. The third kappa shape index (κ3) is 1.20. The maximum Gasteiger partial charge on any atom is 0.414 e. The van der Waals surface area contributed by atoms with Gasteiger partial charge in [0.2, 0.25) is 0 Å². The van der Waals surface area contributed by atoms with E-state index in [1.165, 1.54) is 4.90 Å². The predicted molar refractivity (Wildman–Crippen MR) is 49.4 cm³/mol. The number of amides is 1. The lowest BCUT2D eigenvalue weighted by Gasteiger charge is -2.25. The van der Waals surface area contributed by atoms with Crippen molar-refractivity contribution in [1.29, 1.82) is 0 Å². The molecule has 1 aromatic rings. The summed E-state index contributed by atoms with van der Waals surface area (Å²) in [5.41, 5.74) is 8.08. The number of hydrogen-bond donors (Lipinski definition) is 1. The Morgan fingerprint density at radius 3 is 3.08 bits per heavy atom. The summed E-state index contributed by atoms with van der Waals surface area (Å²) < 4.78 is 4.90. The molecule has 1 aliphatic rings. The molecular weight excluding hydrogens is 168 g/mol. The summed E-state index contributed by atoms with van der Waals surface area (Å²) in [7, 11) is 1.67. The van der Waals surface area contributed by atoms with Crippen molar-refractivity contribution < 1.29 is 9.53 Å². The molecular formula is C9H10N2O2. The molecule has 1 aromatic carbocycles. The molecule has 0 aromatic heterocycles. The number of nitrogen functional groups attached to an aromatic ring is 1. The zero-order valence-corrected chi connectivity index (χ0v) is 7.28. The smallest absolute Gasteiger partial charge is 0.414 e. The molecule has 0 unspecified atom stereocenters. The highest BCUT2D eigenvalue weighted by Gasteiger charge is 2.21. The second-order valence-electron chi connectivity index (χ2n) is 3.00. The van der Waals surface area contributed by atoms with Crippen LogP contribution in [-0.4, -0.2) is 13.1 Å². The Labute approximate surface area is 75.9 Å². The summed E-state index contributed by atoms with van der Waals surface area (Å²) in [6.45, 7) is 0.332. The first-order valence-corrected chi connectivity index (χ1v) is 3.97. The Morgan fingerprint density at radius 2 is 2.31 bits per heavy atom. The molecule has 68 valence electrons. The van der Waals surface area contributed by atoms with E-state index in [1.807, 2.05) is 6.07 Å². The van der Waals surface area contributed by atoms with Crippen molar-refractivity contribution >= 4 is 17.5 Å². The SMILES string of the molecule is CN1C(=O)OCc2ccc(N)cc21. The molecule has 4 nitrogen and oxygen atoms in total. The van der Waals surface area contributed by atoms with E-state index in [4.69, 9.17) is 10.5 Å². The number of ether oxygens (including phenoxy) is 1. The van der Waals surface area contributed by atoms with E-state index in [9.17, 15) is 4.79 Å². The largest absolute Gasteiger partial charge is 0.444 e. The van der Waals surface area contributed by atoms with Gasteiger partial charge in [0.1, 0.15) is 6.61 Å². The molecule has 0 atom stereocenters. The summed E-state index contributed by atoms with van der Waals surface area (Å²) >= 11 is 0. The minimum atomic E-state index is -0.335. The van der Waals surface area contributed by atoms with Crippen LogP contribution in [0.1, 0.15) is 5.56 Å². The third-order valence-electron chi connectivity index (χ3n) is 2.10. The fourth-order valence-corrected chi connectivity index (χ4v) is 1.35. The van der Waals surface area contributed by atoms with Crippen LogP contribution < -0.4 is 10.6 Å². The molecule has 0 radical (unpaired) electrons. The minimum absolute atomic E-state index is 0.332. The van der Waals surface area contributed by atoms with E-state index >= 15 is 0 Å². The topological polar surface area (TPSA) is 55.6 Å². The summed E-state index contributed by atoms with van der Waals surface area (Å²) in [5, 5.41) is 0. The highest BCUT2D eigenvalue weighted by Crippen LogP contribution is 2.27. The molecule has 0 fully saturated rings. The Bertz CT molecular complexity index is 363. The zero-order valence-electron chi connectivity index (χ0n) is 7.28. The number of nitrogens with zero attached hydrogens (tertiary/aromatic N) is 1. The fourth-order valence-electron chi connectivity index (χ4n) is 1.35. The highest BCUT2D eigenvalue weighted by atomic mass is 16.6. The van der Waals surface area contributed by atoms with Crippen LogP contribution in [0.3, 0.4) is 0 Å². The number of hydrogen-bond acceptors (Lipinski definition) is 3. The molecule has 0 spiro atoms. The summed E-state index contributed by atoms with van der Waals surface area (Å²) in [6, 6.07) is 5.44. The first-order chi connectivity index (χ1) is 6.18. The van der Waals surface area contributed by atoms with Gasteiger partial charge in [-0.3, -0.25) is 4.90 Å². The number of benzene rings is 1. The molecule has 13 heavy (non-hydrogen) atoms. The Balaban J connectivity index is 2.51. The van der Waals surface area contributed by atoms with Gasteiger partial charge in [0.15, 0.2) is 0 Å². The number of rotatable bonds is 0. The number of carbonyl (C=O) groups is 1. The molecule has 1 amide bonds. The molecule has 1 aliphatic heterocycles. The molecule has 0 aliphatic carbocycles. The maximum absolute atomic E-state index is 11.1. The highest BCUT2D eigenvalue weighted by molar-refractivity contribution is 5.90. The van der Waals surface area contributed by atoms with Gasteiger partial charge in [-0.05, 0) is 12.1 Å². The molecule has 4 heteroatoms. The quantitative estimate of drug-likeness (QED) is 0.610. The van der Waals surface area contributed by atoms with Gasteiger partial charge >= 0.3 is 6.09 Å². The minimum Gasteiger partial charge on any atom is -0.444 e. The number of cyclic esters (lactones) is 1. The van der Waals surface area contributed by atoms with Crippen molar-refractivity contribution in [2.45, 2.75) is 6.61 Å². The third-order valence-corrected chi connectivity index (χ3v) is 2.10. The summed E-state index contributed by atoms with van der Waals surface area (Å²) in [5.74, 6) is 0. The van der Waals surface area contributed by atoms with Crippen molar-refractivity contribution in [3.63, 3.8) is 0 Å². The van der Waals surface area contributed by atoms with Crippen LogP contribution in [0.25, 0.3) is 0 Å². The van der Waals surface area contributed by atoms with E-state index in [0.29, 0.717) is 12.3 Å². The van der Waals surface area contributed by atoms with E-state index < -0.39 is 0 Å². The Morgan fingerprint density at radius 1 is 1.54 bits per heavy atom. The van der Waals surface area contributed by atoms with Gasteiger partial charge < -0.3 is 10.5 Å². The summed E-state index contributed by atoms with van der Waals surface area (Å²) in [6.07, 6.45) is -0.335. The standard InChI is InChI=1S/C9H10N2O2/c1-11-8-4-7(10)3-2-6(8)5-13-9(11)12/h2-4H,5,10H2,1H3. The van der Waals surface area contributed by atoms with Crippen LogP contribution >= 0.6 is 0 Å². The van der Waals surface area contributed by atoms with E-state index in [0.717, 1.165) is 11.3 Å². The van der Waals surface area contributed by atoms with Crippen molar-refractivity contribution in [1.82, 2.24) is 0 Å². The molecule has 0 saturated carbocycles. The maximum atomic E-state index is 11.1. The first-order valence-electron chi connectivity index (χ1n) is 3.97. The number of anilines is 2. The zero-order chi connectivity index (χ0) is 9.42. The van der Waals surface area contributed by atoms with Gasteiger partial charge in [-0.15, -0.1) is 0 Å². The average Bonchev–Trinajstić information content (AvgIpc) is 2.12. The van der Waals surface area contributed by atoms with Crippen molar-refractivity contribution in [2.24, 2.45) is 0 Å². The number of nitrogens with two attached hydrogens (primary N) is 1.